The summed E-state index contributed by atoms with van der Waals surface area (Å²) in [6.45, 7) is 0. The molecule has 0 heterocycles. The molecule has 0 unspecified atom stereocenters. The van der Waals surface area contributed by atoms with Gasteiger partial charge in [0.1, 0.15) is 0 Å². The summed E-state index contributed by atoms with van der Waals surface area (Å²) < 4.78 is 9.13. The Morgan fingerprint density at radius 2 is 1.71 bits per heavy atom. The number of esters is 2. The Bertz CT molecular complexity index is 204. The van der Waals surface area contributed by atoms with Gasteiger partial charge in [0.05, 0.1) is 14.2 Å². The van der Waals surface area contributed by atoms with Gasteiger partial charge in [-0.1, -0.05) is 19.3 Å². The summed E-state index contributed by atoms with van der Waals surface area (Å²) in [5.74, 6) is -1.21. The van der Waals surface area contributed by atoms with Crippen LogP contribution in [-0.2, 0) is 19.1 Å². The van der Waals surface area contributed by atoms with Crippen molar-refractivity contribution in [1.29, 1.82) is 0 Å². The van der Waals surface area contributed by atoms with E-state index in [0.717, 1.165) is 12.8 Å². The van der Waals surface area contributed by atoms with Gasteiger partial charge in [-0.15, -0.1) is 0 Å². The van der Waals surface area contributed by atoms with Crippen molar-refractivity contribution < 1.29 is 19.1 Å². The van der Waals surface area contributed by atoms with Crippen LogP contribution in [0.15, 0.2) is 0 Å². The fraction of sp³-hybridized carbons (Fsp3) is 0.800. The van der Waals surface area contributed by atoms with Crippen molar-refractivity contribution in [3.05, 3.63) is 0 Å². The van der Waals surface area contributed by atoms with Gasteiger partial charge in [0.25, 0.3) is 0 Å². The standard InChI is InChI=1S/C10H16O4/c1-13-9(11)8(10(12)14-2)6-7-4-3-5-7/h7-8H,3-6H2,1-2H3. The van der Waals surface area contributed by atoms with E-state index in [9.17, 15) is 9.59 Å². The van der Waals surface area contributed by atoms with Gasteiger partial charge in [-0.2, -0.15) is 0 Å². The molecule has 0 spiro atoms. The maximum atomic E-state index is 11.3. The molecule has 0 aromatic carbocycles. The normalized spacial score (nSPS) is 16.2. The van der Waals surface area contributed by atoms with E-state index in [1.165, 1.54) is 20.6 Å². The van der Waals surface area contributed by atoms with Crippen LogP contribution in [0, 0.1) is 11.8 Å². The van der Waals surface area contributed by atoms with Crippen LogP contribution in [0.3, 0.4) is 0 Å². The Morgan fingerprint density at radius 1 is 1.21 bits per heavy atom. The molecule has 4 heteroatoms. The second-order valence-corrected chi connectivity index (χ2v) is 3.63. The maximum Gasteiger partial charge on any atom is 0.320 e. The van der Waals surface area contributed by atoms with E-state index < -0.39 is 17.9 Å². The first kappa shape index (κ1) is 11.0. The van der Waals surface area contributed by atoms with Gasteiger partial charge in [-0.3, -0.25) is 9.59 Å². The predicted octanol–water partition coefficient (Wildman–Crippen LogP) is 1.14. The molecule has 0 N–H and O–H groups in total. The summed E-state index contributed by atoms with van der Waals surface area (Å²) in [5, 5.41) is 0. The largest absolute Gasteiger partial charge is 0.468 e. The van der Waals surface area contributed by atoms with Gasteiger partial charge in [-0.05, 0) is 12.3 Å². The zero-order chi connectivity index (χ0) is 10.6. The zero-order valence-corrected chi connectivity index (χ0v) is 8.62. The highest BCUT2D eigenvalue weighted by Gasteiger charge is 2.33. The van der Waals surface area contributed by atoms with Crippen LogP contribution in [0.25, 0.3) is 0 Å². The average Bonchev–Trinajstić information content (AvgIpc) is 2.14. The van der Waals surface area contributed by atoms with E-state index >= 15 is 0 Å². The summed E-state index contributed by atoms with van der Waals surface area (Å²) in [7, 11) is 2.58. The van der Waals surface area contributed by atoms with Crippen LogP contribution in [0.2, 0.25) is 0 Å². The van der Waals surface area contributed by atoms with Crippen LogP contribution in [0.5, 0.6) is 0 Å². The van der Waals surface area contributed by atoms with Crippen molar-refractivity contribution >= 4 is 11.9 Å². The molecule has 0 amide bonds. The van der Waals surface area contributed by atoms with E-state index in [4.69, 9.17) is 0 Å². The van der Waals surface area contributed by atoms with E-state index in [2.05, 4.69) is 9.47 Å². The first-order valence-electron chi connectivity index (χ1n) is 4.84. The molecule has 80 valence electrons. The third kappa shape index (κ3) is 2.47. The van der Waals surface area contributed by atoms with E-state index in [1.54, 1.807) is 0 Å². The van der Waals surface area contributed by atoms with Gasteiger partial charge < -0.3 is 9.47 Å². The molecule has 0 aromatic rings. The summed E-state index contributed by atoms with van der Waals surface area (Å²) in [4.78, 5) is 22.5. The summed E-state index contributed by atoms with van der Waals surface area (Å²) in [6, 6.07) is 0. The molecule has 1 fully saturated rings. The number of carbonyl (C=O) groups is 2. The highest BCUT2D eigenvalue weighted by atomic mass is 16.5. The molecule has 0 aromatic heterocycles. The first-order chi connectivity index (χ1) is 6.69. The number of rotatable bonds is 4. The Labute approximate surface area is 83.6 Å². The molecule has 0 aliphatic heterocycles. The van der Waals surface area contributed by atoms with Crippen molar-refractivity contribution in [2.24, 2.45) is 11.8 Å². The number of ether oxygens (including phenoxy) is 2. The molecule has 1 saturated carbocycles. The molecule has 0 atom stereocenters. The predicted molar refractivity (Wildman–Crippen MR) is 49.5 cm³/mol. The van der Waals surface area contributed by atoms with Crippen molar-refractivity contribution in [3.8, 4) is 0 Å². The van der Waals surface area contributed by atoms with E-state index in [-0.39, 0.29) is 0 Å². The molecule has 1 aliphatic carbocycles. The van der Waals surface area contributed by atoms with Crippen molar-refractivity contribution in [2.45, 2.75) is 25.7 Å². The van der Waals surface area contributed by atoms with Gasteiger partial charge in [0, 0.05) is 0 Å². The zero-order valence-electron chi connectivity index (χ0n) is 8.62. The van der Waals surface area contributed by atoms with Gasteiger partial charge >= 0.3 is 11.9 Å². The molecule has 14 heavy (non-hydrogen) atoms. The Morgan fingerprint density at radius 3 is 2.00 bits per heavy atom. The SMILES string of the molecule is COC(=O)C(CC1CCC1)C(=O)OC. The number of hydrogen-bond acceptors (Lipinski definition) is 4. The molecule has 1 rings (SSSR count). The van der Waals surface area contributed by atoms with Crippen LogP contribution in [-0.4, -0.2) is 26.2 Å². The molecular formula is C10H16O4. The number of hydrogen-bond donors (Lipinski definition) is 0. The number of carbonyl (C=O) groups excluding carboxylic acids is 2. The van der Waals surface area contributed by atoms with Gasteiger partial charge in [0.15, 0.2) is 5.92 Å². The minimum atomic E-state index is -0.727. The van der Waals surface area contributed by atoms with Crippen LogP contribution >= 0.6 is 0 Å². The third-order valence-electron chi connectivity index (χ3n) is 2.77. The Kier molecular flexibility index (Phi) is 3.92. The molecular weight excluding hydrogens is 184 g/mol. The monoisotopic (exact) mass is 200 g/mol. The highest BCUT2D eigenvalue weighted by Crippen LogP contribution is 2.32. The minimum absolute atomic E-state index is 0.483. The fourth-order valence-electron chi connectivity index (χ4n) is 1.64. The topological polar surface area (TPSA) is 52.6 Å². The van der Waals surface area contributed by atoms with Gasteiger partial charge in [0.2, 0.25) is 0 Å². The van der Waals surface area contributed by atoms with Crippen molar-refractivity contribution in [1.82, 2.24) is 0 Å². The molecule has 0 radical (unpaired) electrons. The van der Waals surface area contributed by atoms with Crippen LogP contribution in [0.4, 0.5) is 0 Å². The van der Waals surface area contributed by atoms with Crippen molar-refractivity contribution in [2.75, 3.05) is 14.2 Å². The first-order valence-corrected chi connectivity index (χ1v) is 4.84. The second kappa shape index (κ2) is 4.98. The smallest absolute Gasteiger partial charge is 0.320 e. The lowest BCUT2D eigenvalue weighted by Crippen LogP contribution is -2.30. The summed E-state index contributed by atoms with van der Waals surface area (Å²) >= 11 is 0. The van der Waals surface area contributed by atoms with Crippen LogP contribution in [0.1, 0.15) is 25.7 Å². The molecule has 4 nitrogen and oxygen atoms in total. The summed E-state index contributed by atoms with van der Waals surface area (Å²) in [6.07, 6.45) is 3.97. The molecule has 0 saturated heterocycles. The lowest BCUT2D eigenvalue weighted by molar-refractivity contribution is -0.160. The Balaban J connectivity index is 2.51. The van der Waals surface area contributed by atoms with Gasteiger partial charge in [-0.25, -0.2) is 0 Å². The Hall–Kier alpha value is -1.06. The quantitative estimate of drug-likeness (QED) is 0.504. The minimum Gasteiger partial charge on any atom is -0.468 e. The lowest BCUT2D eigenvalue weighted by Gasteiger charge is -2.27. The number of methoxy groups -OCH3 is 2. The third-order valence-corrected chi connectivity index (χ3v) is 2.77. The fourth-order valence-corrected chi connectivity index (χ4v) is 1.64. The second-order valence-electron chi connectivity index (χ2n) is 3.63. The highest BCUT2D eigenvalue weighted by molar-refractivity contribution is 5.94. The maximum absolute atomic E-state index is 11.3. The lowest BCUT2D eigenvalue weighted by atomic mass is 9.79. The van der Waals surface area contributed by atoms with E-state index in [0.29, 0.717) is 12.3 Å². The molecule has 0 bridgehead atoms. The summed E-state index contributed by atoms with van der Waals surface area (Å²) in [5.41, 5.74) is 0. The average molecular weight is 200 g/mol. The van der Waals surface area contributed by atoms with E-state index in [1.807, 2.05) is 0 Å². The van der Waals surface area contributed by atoms with Crippen LogP contribution < -0.4 is 0 Å². The van der Waals surface area contributed by atoms with Crippen molar-refractivity contribution in [3.63, 3.8) is 0 Å². The molecule has 1 aliphatic rings.